The Morgan fingerprint density at radius 2 is 2.08 bits per heavy atom. The van der Waals surface area contributed by atoms with Gasteiger partial charge in [0.15, 0.2) is 11.8 Å². The number of carbonyl (C=O) groups excluding carboxylic acids is 1. The van der Waals surface area contributed by atoms with Gasteiger partial charge in [0.2, 0.25) is 0 Å². The highest BCUT2D eigenvalue weighted by molar-refractivity contribution is 8.13. The zero-order valence-corrected chi connectivity index (χ0v) is 7.60. The first kappa shape index (κ1) is 11.8. The van der Waals surface area contributed by atoms with Crippen LogP contribution in [0.4, 0.5) is 13.2 Å². The number of thioether (sulfide) groups is 1. The Hall–Kier alpha value is -0.190. The number of carbonyl (C=O) groups is 1. The van der Waals surface area contributed by atoms with Crippen molar-refractivity contribution < 1.29 is 18.0 Å². The molecular weight excluding hydrogens is 189 g/mol. The molecule has 0 aromatic heterocycles. The van der Waals surface area contributed by atoms with Crippen molar-refractivity contribution >= 4 is 16.9 Å². The highest BCUT2D eigenvalue weighted by Gasteiger charge is 2.28. The van der Waals surface area contributed by atoms with E-state index < -0.39 is 19.0 Å². The van der Waals surface area contributed by atoms with E-state index in [2.05, 4.69) is 0 Å². The lowest BCUT2D eigenvalue weighted by atomic mass is 10.3. The van der Waals surface area contributed by atoms with E-state index in [9.17, 15) is 18.0 Å². The third kappa shape index (κ3) is 5.46. The molecule has 72 valence electrons. The highest BCUT2D eigenvalue weighted by Crippen LogP contribution is 2.21. The van der Waals surface area contributed by atoms with Gasteiger partial charge in [-0.3, -0.25) is 4.79 Å². The number of alkyl halides is 3. The van der Waals surface area contributed by atoms with Crippen molar-refractivity contribution in [2.24, 2.45) is 0 Å². The molecule has 0 N–H and O–H groups in total. The summed E-state index contributed by atoms with van der Waals surface area (Å²) in [7, 11) is 0. The third-order valence-corrected chi connectivity index (χ3v) is 2.23. The summed E-state index contributed by atoms with van der Waals surface area (Å²) in [5.41, 5.74) is 0. The maximum Gasteiger partial charge on any atom is 0.276 e. The quantitative estimate of drug-likeness (QED) is 0.678. The zero-order chi connectivity index (χ0) is 9.61. The van der Waals surface area contributed by atoms with Crippen LogP contribution < -0.4 is 0 Å². The standard InChI is InChI=1S/C7H11F3OS/c1-2-6(11)12-4-3-7(9,10)5-8/h2-5H2,1H3. The van der Waals surface area contributed by atoms with Crippen molar-refractivity contribution in [2.75, 3.05) is 12.4 Å². The molecule has 0 bridgehead atoms. The summed E-state index contributed by atoms with van der Waals surface area (Å²) in [4.78, 5) is 10.6. The van der Waals surface area contributed by atoms with Gasteiger partial charge in [0, 0.05) is 18.6 Å². The van der Waals surface area contributed by atoms with E-state index in [-0.39, 0.29) is 10.9 Å². The fraction of sp³-hybridized carbons (Fsp3) is 0.857. The van der Waals surface area contributed by atoms with Gasteiger partial charge in [0.1, 0.15) is 0 Å². The molecule has 0 aliphatic carbocycles. The summed E-state index contributed by atoms with van der Waals surface area (Å²) in [6.45, 7) is 0.0104. The Kier molecular flexibility index (Phi) is 5.37. The van der Waals surface area contributed by atoms with Gasteiger partial charge < -0.3 is 0 Å². The Morgan fingerprint density at radius 3 is 2.50 bits per heavy atom. The number of halogens is 3. The third-order valence-electron chi connectivity index (χ3n) is 1.22. The van der Waals surface area contributed by atoms with Crippen LogP contribution >= 0.6 is 11.8 Å². The van der Waals surface area contributed by atoms with Crippen molar-refractivity contribution in [1.29, 1.82) is 0 Å². The molecule has 0 rings (SSSR count). The van der Waals surface area contributed by atoms with E-state index in [1.165, 1.54) is 0 Å². The Bertz CT molecular complexity index is 150. The van der Waals surface area contributed by atoms with Crippen LogP contribution in [0.5, 0.6) is 0 Å². The van der Waals surface area contributed by atoms with Crippen molar-refractivity contribution in [3.8, 4) is 0 Å². The number of hydrogen-bond acceptors (Lipinski definition) is 2. The van der Waals surface area contributed by atoms with Gasteiger partial charge in [-0.25, -0.2) is 13.2 Å². The van der Waals surface area contributed by atoms with Gasteiger partial charge in [-0.1, -0.05) is 18.7 Å². The summed E-state index contributed by atoms with van der Waals surface area (Å²) in [5, 5.41) is -0.135. The molecule has 0 unspecified atom stereocenters. The SMILES string of the molecule is CCC(=O)SCCC(F)(F)CF. The molecule has 0 fully saturated rings. The lowest BCUT2D eigenvalue weighted by Gasteiger charge is -2.10. The normalized spacial score (nSPS) is 11.7. The lowest BCUT2D eigenvalue weighted by molar-refractivity contribution is -0.110. The van der Waals surface area contributed by atoms with Crippen LogP contribution in [0, 0.1) is 0 Å². The molecule has 0 saturated heterocycles. The average Bonchev–Trinajstić information content (AvgIpc) is 2.04. The predicted octanol–water partition coefficient (Wildman–Crippen LogP) is 2.65. The molecular formula is C7H11F3OS. The van der Waals surface area contributed by atoms with Gasteiger partial charge in [0.25, 0.3) is 5.92 Å². The minimum atomic E-state index is -3.26. The number of rotatable bonds is 5. The maximum absolute atomic E-state index is 12.2. The van der Waals surface area contributed by atoms with Gasteiger partial charge in [-0.15, -0.1) is 0 Å². The van der Waals surface area contributed by atoms with Crippen LogP contribution in [-0.2, 0) is 4.79 Å². The lowest BCUT2D eigenvalue weighted by Crippen LogP contribution is -2.19. The first-order valence-electron chi connectivity index (χ1n) is 3.61. The molecule has 0 radical (unpaired) electrons. The van der Waals surface area contributed by atoms with E-state index in [4.69, 9.17) is 0 Å². The molecule has 0 heterocycles. The highest BCUT2D eigenvalue weighted by atomic mass is 32.2. The van der Waals surface area contributed by atoms with Crippen LogP contribution in [0.1, 0.15) is 19.8 Å². The molecule has 0 aliphatic rings. The second kappa shape index (κ2) is 5.45. The monoisotopic (exact) mass is 200 g/mol. The van der Waals surface area contributed by atoms with E-state index >= 15 is 0 Å². The first-order valence-corrected chi connectivity index (χ1v) is 4.60. The molecule has 0 aromatic carbocycles. The van der Waals surface area contributed by atoms with Crippen LogP contribution in [0.2, 0.25) is 0 Å². The molecule has 12 heavy (non-hydrogen) atoms. The van der Waals surface area contributed by atoms with E-state index in [1.54, 1.807) is 6.92 Å². The molecule has 0 aliphatic heterocycles. The Morgan fingerprint density at radius 1 is 1.50 bits per heavy atom. The fourth-order valence-electron chi connectivity index (χ4n) is 0.483. The minimum Gasteiger partial charge on any atom is -0.287 e. The second-order valence-electron chi connectivity index (χ2n) is 2.31. The van der Waals surface area contributed by atoms with E-state index in [0.717, 1.165) is 11.8 Å². The van der Waals surface area contributed by atoms with Gasteiger partial charge >= 0.3 is 0 Å². The van der Waals surface area contributed by atoms with Crippen LogP contribution in [0.25, 0.3) is 0 Å². The molecule has 0 atom stereocenters. The van der Waals surface area contributed by atoms with Crippen LogP contribution in [0.3, 0.4) is 0 Å². The van der Waals surface area contributed by atoms with Crippen molar-refractivity contribution in [2.45, 2.75) is 25.7 Å². The van der Waals surface area contributed by atoms with Crippen molar-refractivity contribution in [3.63, 3.8) is 0 Å². The van der Waals surface area contributed by atoms with Crippen LogP contribution in [-0.4, -0.2) is 23.5 Å². The molecule has 0 aromatic rings. The average molecular weight is 200 g/mol. The van der Waals surface area contributed by atoms with Gasteiger partial charge in [-0.2, -0.15) is 0 Å². The molecule has 5 heteroatoms. The van der Waals surface area contributed by atoms with E-state index in [0.29, 0.717) is 6.42 Å². The predicted molar refractivity (Wildman–Crippen MR) is 43.3 cm³/mol. The van der Waals surface area contributed by atoms with Crippen molar-refractivity contribution in [1.82, 2.24) is 0 Å². The van der Waals surface area contributed by atoms with Gasteiger partial charge in [-0.05, 0) is 0 Å². The minimum absolute atomic E-state index is 0.0103. The largest absolute Gasteiger partial charge is 0.287 e. The fourth-order valence-corrected chi connectivity index (χ4v) is 1.32. The van der Waals surface area contributed by atoms with E-state index in [1.807, 2.05) is 0 Å². The molecule has 1 nitrogen and oxygen atoms in total. The van der Waals surface area contributed by atoms with Gasteiger partial charge in [0.05, 0.1) is 0 Å². The molecule has 0 amide bonds. The second-order valence-corrected chi connectivity index (χ2v) is 3.47. The zero-order valence-electron chi connectivity index (χ0n) is 6.78. The summed E-state index contributed by atoms with van der Waals surface area (Å²) >= 11 is 0.833. The van der Waals surface area contributed by atoms with Crippen LogP contribution in [0.15, 0.2) is 0 Å². The smallest absolute Gasteiger partial charge is 0.276 e. The van der Waals surface area contributed by atoms with Crippen molar-refractivity contribution in [3.05, 3.63) is 0 Å². The number of hydrogen-bond donors (Lipinski definition) is 0. The Balaban J connectivity index is 3.49. The molecule has 0 spiro atoms. The summed E-state index contributed by atoms with van der Waals surface area (Å²) < 4.78 is 35.9. The molecule has 0 saturated carbocycles. The topological polar surface area (TPSA) is 17.1 Å². The maximum atomic E-state index is 12.2. The first-order chi connectivity index (χ1) is 5.52. The summed E-state index contributed by atoms with van der Waals surface area (Å²) in [5.74, 6) is -3.27. The summed E-state index contributed by atoms with van der Waals surface area (Å²) in [6.07, 6.45) is -0.244. The Labute approximate surface area is 73.7 Å². The summed E-state index contributed by atoms with van der Waals surface area (Å²) in [6, 6.07) is 0.